The number of amides is 1. The molecular weight excluding hydrogens is 318 g/mol. The highest BCUT2D eigenvalue weighted by molar-refractivity contribution is 7.13. The highest BCUT2D eigenvalue weighted by Gasteiger charge is 2.11. The van der Waals surface area contributed by atoms with Crippen LogP contribution in [0.1, 0.15) is 30.6 Å². The van der Waals surface area contributed by atoms with Gasteiger partial charge in [0.2, 0.25) is 5.91 Å². The van der Waals surface area contributed by atoms with E-state index in [1.807, 2.05) is 54.8 Å². The Hall–Kier alpha value is -2.53. The molecule has 0 aliphatic rings. The quantitative estimate of drug-likeness (QED) is 0.739. The molecule has 5 heteroatoms. The molecule has 0 radical (unpaired) electrons. The molecule has 122 valence electrons. The second-order valence-corrected chi connectivity index (χ2v) is 6.44. The van der Waals surface area contributed by atoms with E-state index in [1.165, 1.54) is 0 Å². The van der Waals surface area contributed by atoms with E-state index in [2.05, 4.69) is 15.3 Å². The monoisotopic (exact) mass is 337 g/mol. The van der Waals surface area contributed by atoms with Crippen molar-refractivity contribution in [3.63, 3.8) is 0 Å². The first-order valence-corrected chi connectivity index (χ1v) is 8.79. The van der Waals surface area contributed by atoms with E-state index in [0.29, 0.717) is 12.8 Å². The third-order valence-corrected chi connectivity index (χ3v) is 4.69. The minimum atomic E-state index is 0.0140. The van der Waals surface area contributed by atoms with Crippen LogP contribution in [-0.2, 0) is 11.2 Å². The van der Waals surface area contributed by atoms with Gasteiger partial charge in [0, 0.05) is 29.8 Å². The zero-order chi connectivity index (χ0) is 16.8. The van der Waals surface area contributed by atoms with Gasteiger partial charge in [0.1, 0.15) is 5.01 Å². The lowest BCUT2D eigenvalue weighted by Crippen LogP contribution is -2.26. The van der Waals surface area contributed by atoms with Crippen molar-refractivity contribution in [1.29, 1.82) is 0 Å². The second kappa shape index (κ2) is 7.84. The van der Waals surface area contributed by atoms with Crippen molar-refractivity contribution in [2.45, 2.75) is 25.8 Å². The van der Waals surface area contributed by atoms with Crippen LogP contribution < -0.4 is 5.32 Å². The van der Waals surface area contributed by atoms with Crippen molar-refractivity contribution in [3.8, 4) is 10.6 Å². The number of thiazole rings is 1. The van der Waals surface area contributed by atoms with Crippen LogP contribution in [0.4, 0.5) is 0 Å². The molecule has 0 bridgehead atoms. The molecular formula is C19H19N3OS. The fourth-order valence-electron chi connectivity index (χ4n) is 2.42. The number of rotatable bonds is 6. The molecule has 1 unspecified atom stereocenters. The summed E-state index contributed by atoms with van der Waals surface area (Å²) in [6.07, 6.45) is 4.63. The van der Waals surface area contributed by atoms with Gasteiger partial charge < -0.3 is 5.32 Å². The van der Waals surface area contributed by atoms with Crippen LogP contribution in [0, 0.1) is 0 Å². The van der Waals surface area contributed by atoms with Gasteiger partial charge in [-0.2, -0.15) is 0 Å². The van der Waals surface area contributed by atoms with Crippen molar-refractivity contribution in [3.05, 3.63) is 71.5 Å². The summed E-state index contributed by atoms with van der Waals surface area (Å²) in [5.74, 6) is 0.0438. The van der Waals surface area contributed by atoms with Crippen molar-refractivity contribution >= 4 is 17.2 Å². The van der Waals surface area contributed by atoms with E-state index in [1.54, 1.807) is 23.7 Å². The predicted molar refractivity (Wildman–Crippen MR) is 96.7 cm³/mol. The number of hydrogen-bond donors (Lipinski definition) is 1. The van der Waals surface area contributed by atoms with Crippen LogP contribution in [0.5, 0.6) is 0 Å². The van der Waals surface area contributed by atoms with Gasteiger partial charge in [0.25, 0.3) is 0 Å². The zero-order valence-electron chi connectivity index (χ0n) is 13.5. The molecule has 3 rings (SSSR count). The Bertz CT molecular complexity index is 787. The molecule has 1 atom stereocenters. The third kappa shape index (κ3) is 4.26. The standard InChI is InChI=1S/C19H19N3OS/c1-14(15-6-3-2-4-7-15)21-18(23)10-9-17-13-24-19(22-17)16-8-5-11-20-12-16/h2-8,11-14H,9-10H2,1H3,(H,21,23). The van der Waals surface area contributed by atoms with Crippen molar-refractivity contribution in [2.24, 2.45) is 0 Å². The predicted octanol–water partition coefficient (Wildman–Crippen LogP) is 4.02. The topological polar surface area (TPSA) is 54.9 Å². The molecule has 4 nitrogen and oxygen atoms in total. The number of carbonyl (C=O) groups is 1. The molecule has 1 amide bonds. The average Bonchev–Trinajstić information content (AvgIpc) is 3.10. The van der Waals surface area contributed by atoms with Gasteiger partial charge in [-0.25, -0.2) is 4.98 Å². The number of benzene rings is 1. The Morgan fingerprint density at radius 2 is 2.04 bits per heavy atom. The van der Waals surface area contributed by atoms with Gasteiger partial charge in [-0.1, -0.05) is 30.3 Å². The average molecular weight is 337 g/mol. The van der Waals surface area contributed by atoms with E-state index < -0.39 is 0 Å². The number of hydrogen-bond acceptors (Lipinski definition) is 4. The number of carbonyl (C=O) groups excluding carboxylic acids is 1. The Morgan fingerprint density at radius 3 is 2.79 bits per heavy atom. The summed E-state index contributed by atoms with van der Waals surface area (Å²) in [5.41, 5.74) is 3.07. The van der Waals surface area contributed by atoms with Gasteiger partial charge in [0.15, 0.2) is 0 Å². The minimum Gasteiger partial charge on any atom is -0.350 e. The van der Waals surface area contributed by atoms with E-state index in [-0.39, 0.29) is 11.9 Å². The van der Waals surface area contributed by atoms with Crippen molar-refractivity contribution in [1.82, 2.24) is 15.3 Å². The summed E-state index contributed by atoms with van der Waals surface area (Å²) >= 11 is 1.58. The number of pyridine rings is 1. The largest absolute Gasteiger partial charge is 0.350 e. The van der Waals surface area contributed by atoms with Crippen LogP contribution >= 0.6 is 11.3 Å². The molecule has 0 aliphatic heterocycles. The van der Waals surface area contributed by atoms with Crippen LogP contribution in [0.15, 0.2) is 60.2 Å². The smallest absolute Gasteiger partial charge is 0.220 e. The maximum Gasteiger partial charge on any atom is 0.220 e. The SMILES string of the molecule is CC(NC(=O)CCc1csc(-c2cccnc2)n1)c1ccccc1. The Labute approximate surface area is 145 Å². The Balaban J connectivity index is 1.53. The van der Waals surface area contributed by atoms with E-state index in [9.17, 15) is 4.79 Å². The molecule has 0 spiro atoms. The van der Waals surface area contributed by atoms with Crippen LogP contribution in [0.25, 0.3) is 10.6 Å². The summed E-state index contributed by atoms with van der Waals surface area (Å²) in [6, 6.07) is 13.9. The third-order valence-electron chi connectivity index (χ3n) is 3.75. The molecule has 3 aromatic rings. The number of nitrogens with zero attached hydrogens (tertiary/aromatic N) is 2. The molecule has 0 saturated heterocycles. The highest BCUT2D eigenvalue weighted by Crippen LogP contribution is 2.23. The van der Waals surface area contributed by atoms with Gasteiger partial charge in [-0.05, 0) is 31.0 Å². The molecule has 1 N–H and O–H groups in total. The Morgan fingerprint density at radius 1 is 1.21 bits per heavy atom. The zero-order valence-corrected chi connectivity index (χ0v) is 14.3. The van der Waals surface area contributed by atoms with Crippen molar-refractivity contribution < 1.29 is 4.79 Å². The summed E-state index contributed by atoms with van der Waals surface area (Å²) < 4.78 is 0. The molecule has 0 aliphatic carbocycles. The van der Waals surface area contributed by atoms with Gasteiger partial charge >= 0.3 is 0 Å². The van der Waals surface area contributed by atoms with Crippen LogP contribution in [0.2, 0.25) is 0 Å². The van der Waals surface area contributed by atoms with E-state index in [0.717, 1.165) is 21.8 Å². The molecule has 1 aromatic carbocycles. The summed E-state index contributed by atoms with van der Waals surface area (Å²) in [4.78, 5) is 20.8. The first kappa shape index (κ1) is 16.3. The highest BCUT2D eigenvalue weighted by atomic mass is 32.1. The fraction of sp³-hybridized carbons (Fsp3) is 0.211. The Kier molecular flexibility index (Phi) is 5.33. The lowest BCUT2D eigenvalue weighted by atomic mass is 10.1. The first-order chi connectivity index (χ1) is 11.7. The molecule has 0 fully saturated rings. The van der Waals surface area contributed by atoms with Gasteiger partial charge in [-0.15, -0.1) is 11.3 Å². The summed E-state index contributed by atoms with van der Waals surface area (Å²) in [5, 5.41) is 5.98. The molecule has 2 heterocycles. The van der Waals surface area contributed by atoms with Crippen LogP contribution in [0.3, 0.4) is 0 Å². The lowest BCUT2D eigenvalue weighted by molar-refractivity contribution is -0.121. The number of aryl methyl sites for hydroxylation is 1. The first-order valence-electron chi connectivity index (χ1n) is 7.91. The molecule has 2 aromatic heterocycles. The maximum absolute atomic E-state index is 12.1. The summed E-state index contributed by atoms with van der Waals surface area (Å²) in [6.45, 7) is 2.00. The molecule has 0 saturated carbocycles. The van der Waals surface area contributed by atoms with Gasteiger partial charge in [-0.3, -0.25) is 9.78 Å². The molecule has 24 heavy (non-hydrogen) atoms. The normalized spacial score (nSPS) is 11.9. The maximum atomic E-state index is 12.1. The van der Waals surface area contributed by atoms with Crippen molar-refractivity contribution in [2.75, 3.05) is 0 Å². The van der Waals surface area contributed by atoms with E-state index in [4.69, 9.17) is 0 Å². The fourth-order valence-corrected chi connectivity index (χ4v) is 3.27. The summed E-state index contributed by atoms with van der Waals surface area (Å²) in [7, 11) is 0. The van der Waals surface area contributed by atoms with Crippen LogP contribution in [-0.4, -0.2) is 15.9 Å². The second-order valence-electron chi connectivity index (χ2n) is 5.59. The minimum absolute atomic E-state index is 0.0140. The lowest BCUT2D eigenvalue weighted by Gasteiger charge is -2.13. The number of aromatic nitrogens is 2. The number of nitrogens with one attached hydrogen (secondary N) is 1. The van der Waals surface area contributed by atoms with Gasteiger partial charge in [0.05, 0.1) is 11.7 Å². The van der Waals surface area contributed by atoms with E-state index >= 15 is 0 Å².